The van der Waals surface area contributed by atoms with Crippen molar-refractivity contribution in [2.75, 3.05) is 0 Å². The van der Waals surface area contributed by atoms with Crippen molar-refractivity contribution in [2.45, 2.75) is 31.4 Å². The molecule has 15 heavy (non-hydrogen) atoms. The molecule has 3 nitrogen and oxygen atoms in total. The highest BCUT2D eigenvalue weighted by Crippen LogP contribution is 2.68. The molecule has 10 heteroatoms. The van der Waals surface area contributed by atoms with Gasteiger partial charge in [0.25, 0.3) is 0 Å². The zero-order chi connectivity index (χ0) is 12.3. The third-order valence-corrected chi connectivity index (χ3v) is 3.34. The second-order valence-corrected chi connectivity index (χ2v) is 4.62. The molecule has 0 bridgehead atoms. The van der Waals surface area contributed by atoms with E-state index in [0.717, 1.165) is 6.92 Å². The van der Waals surface area contributed by atoms with Gasteiger partial charge in [0, 0.05) is 6.42 Å². The van der Waals surface area contributed by atoms with Gasteiger partial charge in [0.05, 0.1) is 0 Å². The molecular formula is C5H7F6O3P. The van der Waals surface area contributed by atoms with Gasteiger partial charge in [-0.3, -0.25) is 4.57 Å². The molecule has 0 aromatic carbocycles. The van der Waals surface area contributed by atoms with Gasteiger partial charge in [0.1, 0.15) is 0 Å². The maximum Gasteiger partial charge on any atom is 0.438 e. The molecule has 0 aliphatic heterocycles. The molecule has 1 unspecified atom stereocenters. The largest absolute Gasteiger partial charge is 0.438 e. The molecule has 0 fully saturated rings. The Labute approximate surface area is 80.7 Å². The van der Waals surface area contributed by atoms with Crippen LogP contribution in [0.25, 0.3) is 0 Å². The van der Waals surface area contributed by atoms with Gasteiger partial charge in [-0.25, -0.2) is 4.39 Å². The first kappa shape index (κ1) is 14.7. The molecule has 0 aliphatic rings. The van der Waals surface area contributed by atoms with Gasteiger partial charge in [-0.2, -0.15) is 13.2 Å². The predicted molar refractivity (Wildman–Crippen MR) is 36.8 cm³/mol. The Morgan fingerprint density at radius 3 is 1.73 bits per heavy atom. The molecule has 0 radical (unpaired) electrons. The van der Waals surface area contributed by atoms with Gasteiger partial charge in [-0.15, -0.1) is 9.46 Å². The maximum absolute atomic E-state index is 13.2. The Balaban J connectivity index is 5.38. The van der Waals surface area contributed by atoms with E-state index in [-0.39, 0.29) is 0 Å². The molecule has 1 atom stereocenters. The van der Waals surface area contributed by atoms with Crippen LogP contribution in [0.1, 0.15) is 19.8 Å². The van der Waals surface area contributed by atoms with Gasteiger partial charge in [0.15, 0.2) is 0 Å². The number of alkyl halides is 4. The van der Waals surface area contributed by atoms with Crippen molar-refractivity contribution in [1.29, 1.82) is 0 Å². The van der Waals surface area contributed by atoms with E-state index in [1.54, 1.807) is 0 Å². The van der Waals surface area contributed by atoms with Gasteiger partial charge >= 0.3 is 19.2 Å². The van der Waals surface area contributed by atoms with Crippen LogP contribution in [-0.2, 0) is 14.0 Å². The van der Waals surface area contributed by atoms with Crippen LogP contribution in [-0.4, -0.2) is 11.6 Å². The summed E-state index contributed by atoms with van der Waals surface area (Å²) in [4.78, 5) is 0. The molecule has 0 aromatic heterocycles. The van der Waals surface area contributed by atoms with Crippen LogP contribution in [0.5, 0.6) is 0 Å². The average Bonchev–Trinajstić information content (AvgIpc) is 2.15. The summed E-state index contributed by atoms with van der Waals surface area (Å²) in [5, 5.41) is -4.70. The van der Waals surface area contributed by atoms with Crippen LogP contribution in [0.3, 0.4) is 0 Å². The summed E-state index contributed by atoms with van der Waals surface area (Å²) in [6.07, 6.45) is -7.68. The SMILES string of the molecule is CCCC(F)(C(F)(F)F)P(=O)(OF)OF. The lowest BCUT2D eigenvalue weighted by atomic mass is 10.2. The molecule has 0 aromatic rings. The fraction of sp³-hybridized carbons (Fsp3) is 1.00. The van der Waals surface area contributed by atoms with Crippen LogP contribution >= 0.6 is 7.60 Å². The second-order valence-electron chi connectivity index (χ2n) is 2.64. The van der Waals surface area contributed by atoms with E-state index in [9.17, 15) is 31.2 Å². The van der Waals surface area contributed by atoms with Crippen LogP contribution in [0.4, 0.5) is 26.6 Å². The Bertz CT molecular complexity index is 248. The highest BCUT2D eigenvalue weighted by molar-refractivity contribution is 7.55. The van der Waals surface area contributed by atoms with Gasteiger partial charge < -0.3 is 0 Å². The second kappa shape index (κ2) is 4.71. The summed E-state index contributed by atoms with van der Waals surface area (Å²) in [6, 6.07) is 0. The Morgan fingerprint density at radius 1 is 1.13 bits per heavy atom. The topological polar surface area (TPSA) is 35.5 Å². The van der Waals surface area contributed by atoms with E-state index in [1.165, 1.54) is 0 Å². The summed E-state index contributed by atoms with van der Waals surface area (Å²) in [7, 11) is -6.17. The van der Waals surface area contributed by atoms with Crippen LogP contribution in [0, 0.1) is 0 Å². The molecule has 0 heterocycles. The van der Waals surface area contributed by atoms with Gasteiger partial charge in [-0.1, -0.05) is 13.3 Å². The third kappa shape index (κ3) is 2.46. The number of hydrogen-bond acceptors (Lipinski definition) is 3. The van der Waals surface area contributed by atoms with Crippen molar-refractivity contribution in [3.63, 3.8) is 0 Å². The van der Waals surface area contributed by atoms with E-state index < -0.39 is 32.0 Å². The zero-order valence-electron chi connectivity index (χ0n) is 7.35. The minimum Gasteiger partial charge on any atom is -0.251 e. The number of hydrogen-bond donors (Lipinski definition) is 0. The Kier molecular flexibility index (Phi) is 4.63. The van der Waals surface area contributed by atoms with Gasteiger partial charge in [-0.05, 0) is 9.05 Å². The van der Waals surface area contributed by atoms with E-state index in [4.69, 9.17) is 0 Å². The highest BCUT2D eigenvalue weighted by Gasteiger charge is 2.71. The van der Waals surface area contributed by atoms with Crippen molar-refractivity contribution in [3.8, 4) is 0 Å². The maximum atomic E-state index is 13.2. The molecule has 0 saturated heterocycles. The Morgan fingerprint density at radius 2 is 1.53 bits per heavy atom. The molecule has 0 amide bonds. The molecular weight excluding hydrogens is 253 g/mol. The monoisotopic (exact) mass is 260 g/mol. The third-order valence-electron chi connectivity index (χ3n) is 1.63. The normalized spacial score (nSPS) is 17.5. The summed E-state index contributed by atoms with van der Waals surface area (Å²) >= 11 is 0. The van der Waals surface area contributed by atoms with E-state index in [1.807, 2.05) is 0 Å². The smallest absolute Gasteiger partial charge is 0.251 e. The van der Waals surface area contributed by atoms with E-state index >= 15 is 0 Å². The minimum atomic E-state index is -6.17. The van der Waals surface area contributed by atoms with Crippen molar-refractivity contribution < 1.29 is 40.6 Å². The van der Waals surface area contributed by atoms with E-state index in [0.29, 0.717) is 0 Å². The van der Waals surface area contributed by atoms with Gasteiger partial charge in [0.2, 0.25) is 0 Å². The Hall–Kier alpha value is -0.270. The van der Waals surface area contributed by atoms with Crippen molar-refractivity contribution in [3.05, 3.63) is 0 Å². The summed E-state index contributed by atoms with van der Waals surface area (Å²) in [5.41, 5.74) is 0. The number of halogens is 6. The molecule has 92 valence electrons. The standard InChI is InChI=1S/C5H7F6O3P/c1-2-3-4(6,5(7,8)9)15(12,13-10)14-11/h2-3H2,1H3. The van der Waals surface area contributed by atoms with Crippen molar-refractivity contribution in [2.24, 2.45) is 0 Å². The van der Waals surface area contributed by atoms with Crippen LogP contribution < -0.4 is 0 Å². The average molecular weight is 260 g/mol. The molecule has 0 aliphatic carbocycles. The predicted octanol–water partition coefficient (Wildman–Crippen LogP) is 4.01. The molecule has 0 rings (SSSR count). The molecule has 0 saturated carbocycles. The fourth-order valence-electron chi connectivity index (χ4n) is 0.885. The van der Waals surface area contributed by atoms with Crippen molar-refractivity contribution in [1.82, 2.24) is 0 Å². The van der Waals surface area contributed by atoms with Crippen molar-refractivity contribution >= 4 is 7.60 Å². The number of rotatable bonds is 5. The zero-order valence-corrected chi connectivity index (χ0v) is 8.25. The van der Waals surface area contributed by atoms with Crippen LogP contribution in [0.15, 0.2) is 0 Å². The molecule has 0 spiro atoms. The summed E-state index contributed by atoms with van der Waals surface area (Å²) in [6.45, 7) is 1.10. The minimum absolute atomic E-state index is 0.466. The summed E-state index contributed by atoms with van der Waals surface area (Å²) in [5.74, 6) is 0. The quantitative estimate of drug-likeness (QED) is 0.553. The highest BCUT2D eigenvalue weighted by atomic mass is 31.2. The lowest BCUT2D eigenvalue weighted by molar-refractivity contribution is -0.221. The first-order chi connectivity index (χ1) is 6.68. The van der Waals surface area contributed by atoms with Crippen LogP contribution in [0.2, 0.25) is 0 Å². The lowest BCUT2D eigenvalue weighted by Gasteiger charge is -2.28. The first-order valence-corrected chi connectivity index (χ1v) is 5.19. The van der Waals surface area contributed by atoms with E-state index in [2.05, 4.69) is 9.46 Å². The molecule has 0 N–H and O–H groups in total. The summed E-state index contributed by atoms with van der Waals surface area (Å²) < 4.78 is 87.7. The lowest BCUT2D eigenvalue weighted by Crippen LogP contribution is -2.40. The first-order valence-electron chi connectivity index (χ1n) is 3.65. The fourth-order valence-corrected chi connectivity index (χ4v) is 1.93.